The van der Waals surface area contributed by atoms with Crippen molar-refractivity contribution in [3.63, 3.8) is 0 Å². The summed E-state index contributed by atoms with van der Waals surface area (Å²) in [6, 6.07) is 6.54. The Labute approximate surface area is 136 Å². The quantitative estimate of drug-likeness (QED) is 0.754. The highest BCUT2D eigenvalue weighted by Gasteiger charge is 2.30. The van der Waals surface area contributed by atoms with Crippen LogP contribution in [0.25, 0.3) is 10.9 Å². The van der Waals surface area contributed by atoms with Crippen LogP contribution in [0.5, 0.6) is 0 Å². The van der Waals surface area contributed by atoms with E-state index in [-0.39, 0.29) is 5.69 Å². The standard InChI is InChI=1S/C16H15N5O3/c1-8(15-20-13(21-24-15)9-6-7-9)17-14(22)12-10-4-2-3-5-11(10)18-16(23)19-12/h2-5,8-9H,6-7H2,1H3,(H,17,22)(H,18,19,23)/t8-/m1/s1. The number of fused-ring (bicyclic) bond motifs is 1. The fourth-order valence-electron chi connectivity index (χ4n) is 2.53. The van der Waals surface area contributed by atoms with Crippen molar-refractivity contribution in [3.05, 3.63) is 52.2 Å². The van der Waals surface area contributed by atoms with Gasteiger partial charge in [-0.05, 0) is 25.8 Å². The number of H-pyrrole nitrogens is 1. The highest BCUT2D eigenvalue weighted by Crippen LogP contribution is 2.38. The SMILES string of the molecule is C[C@@H](NC(=O)c1nc(=O)[nH]c2ccccc12)c1nc(C2CC2)no1. The highest BCUT2D eigenvalue weighted by atomic mass is 16.5. The monoisotopic (exact) mass is 325 g/mol. The summed E-state index contributed by atoms with van der Waals surface area (Å²) in [4.78, 5) is 34.9. The van der Waals surface area contributed by atoms with Gasteiger partial charge in [0.1, 0.15) is 11.7 Å². The Morgan fingerprint density at radius 1 is 1.33 bits per heavy atom. The molecule has 1 fully saturated rings. The summed E-state index contributed by atoms with van der Waals surface area (Å²) in [6.45, 7) is 1.75. The van der Waals surface area contributed by atoms with Crippen molar-refractivity contribution in [1.82, 2.24) is 25.4 Å². The average Bonchev–Trinajstić information content (AvgIpc) is 3.30. The van der Waals surface area contributed by atoms with E-state index >= 15 is 0 Å². The van der Waals surface area contributed by atoms with Crippen LogP contribution in [0.15, 0.2) is 33.6 Å². The number of hydrogen-bond acceptors (Lipinski definition) is 6. The third kappa shape index (κ3) is 2.66. The van der Waals surface area contributed by atoms with Gasteiger partial charge in [0, 0.05) is 11.3 Å². The van der Waals surface area contributed by atoms with E-state index in [4.69, 9.17) is 4.52 Å². The van der Waals surface area contributed by atoms with E-state index in [1.807, 2.05) is 0 Å². The molecule has 24 heavy (non-hydrogen) atoms. The maximum Gasteiger partial charge on any atom is 0.346 e. The molecule has 8 nitrogen and oxygen atoms in total. The Morgan fingerprint density at radius 3 is 2.92 bits per heavy atom. The number of nitrogens with one attached hydrogen (secondary N) is 2. The molecule has 3 aromatic rings. The molecule has 0 bridgehead atoms. The summed E-state index contributed by atoms with van der Waals surface area (Å²) in [6.07, 6.45) is 2.14. The molecule has 1 aliphatic rings. The second-order valence-corrected chi connectivity index (χ2v) is 5.90. The Morgan fingerprint density at radius 2 is 2.12 bits per heavy atom. The summed E-state index contributed by atoms with van der Waals surface area (Å²) in [5.41, 5.74) is 0.0626. The molecule has 1 saturated carbocycles. The number of rotatable bonds is 4. The fourth-order valence-corrected chi connectivity index (χ4v) is 2.53. The van der Waals surface area contributed by atoms with Crippen molar-refractivity contribution >= 4 is 16.8 Å². The third-order valence-corrected chi connectivity index (χ3v) is 3.97. The number of carbonyl (C=O) groups is 1. The van der Waals surface area contributed by atoms with E-state index in [0.717, 1.165) is 12.8 Å². The van der Waals surface area contributed by atoms with Crippen molar-refractivity contribution in [2.24, 2.45) is 0 Å². The van der Waals surface area contributed by atoms with Crippen LogP contribution in [-0.4, -0.2) is 26.0 Å². The van der Waals surface area contributed by atoms with Gasteiger partial charge in [0.2, 0.25) is 5.89 Å². The van der Waals surface area contributed by atoms with Crippen LogP contribution < -0.4 is 11.0 Å². The van der Waals surface area contributed by atoms with Gasteiger partial charge in [-0.1, -0.05) is 23.4 Å². The molecule has 8 heteroatoms. The second kappa shape index (κ2) is 5.55. The first-order valence-electron chi connectivity index (χ1n) is 7.75. The van der Waals surface area contributed by atoms with Crippen LogP contribution in [0.4, 0.5) is 0 Å². The van der Waals surface area contributed by atoms with Crippen molar-refractivity contribution < 1.29 is 9.32 Å². The van der Waals surface area contributed by atoms with Gasteiger partial charge < -0.3 is 14.8 Å². The number of benzene rings is 1. The molecule has 0 saturated heterocycles. The summed E-state index contributed by atoms with van der Waals surface area (Å²) >= 11 is 0. The molecule has 1 amide bonds. The topological polar surface area (TPSA) is 114 Å². The molecule has 1 aromatic carbocycles. The second-order valence-electron chi connectivity index (χ2n) is 5.90. The molecule has 2 N–H and O–H groups in total. The minimum atomic E-state index is -0.569. The Hall–Kier alpha value is -3.03. The molecular weight excluding hydrogens is 310 g/mol. The first-order valence-corrected chi connectivity index (χ1v) is 7.75. The average molecular weight is 325 g/mol. The molecule has 1 aliphatic carbocycles. The smallest absolute Gasteiger partial charge is 0.339 e. The van der Waals surface area contributed by atoms with E-state index in [1.54, 1.807) is 31.2 Å². The number of carbonyl (C=O) groups excluding carboxylic acids is 1. The maximum atomic E-state index is 12.5. The van der Waals surface area contributed by atoms with Crippen molar-refractivity contribution in [2.45, 2.75) is 31.7 Å². The summed E-state index contributed by atoms with van der Waals surface area (Å²) in [5.74, 6) is 0.949. The normalized spacial score (nSPS) is 15.4. The van der Waals surface area contributed by atoms with Crippen LogP contribution in [-0.2, 0) is 0 Å². The lowest BCUT2D eigenvalue weighted by Gasteiger charge is -2.10. The highest BCUT2D eigenvalue weighted by molar-refractivity contribution is 6.04. The Balaban J connectivity index is 1.60. The summed E-state index contributed by atoms with van der Waals surface area (Å²) < 4.78 is 5.21. The lowest BCUT2D eigenvalue weighted by atomic mass is 10.1. The van der Waals surface area contributed by atoms with Crippen LogP contribution >= 0.6 is 0 Å². The number of para-hydroxylation sites is 1. The lowest BCUT2D eigenvalue weighted by molar-refractivity contribution is 0.0929. The lowest BCUT2D eigenvalue weighted by Crippen LogP contribution is -2.30. The number of nitrogens with zero attached hydrogens (tertiary/aromatic N) is 3. The van der Waals surface area contributed by atoms with Crippen LogP contribution in [0, 0.1) is 0 Å². The molecule has 2 aromatic heterocycles. The molecule has 4 rings (SSSR count). The van der Waals surface area contributed by atoms with E-state index in [1.165, 1.54) is 0 Å². The predicted octanol–water partition coefficient (Wildman–Crippen LogP) is 1.67. The first-order chi connectivity index (χ1) is 11.6. The number of hydrogen-bond donors (Lipinski definition) is 2. The molecule has 2 heterocycles. The third-order valence-electron chi connectivity index (χ3n) is 3.97. The van der Waals surface area contributed by atoms with Crippen LogP contribution in [0.2, 0.25) is 0 Å². The van der Waals surface area contributed by atoms with Crippen molar-refractivity contribution in [2.75, 3.05) is 0 Å². The minimum Gasteiger partial charge on any atom is -0.339 e. The van der Waals surface area contributed by atoms with Crippen molar-refractivity contribution in [1.29, 1.82) is 0 Å². The fraction of sp³-hybridized carbons (Fsp3) is 0.312. The van der Waals surface area contributed by atoms with E-state index in [0.29, 0.717) is 28.5 Å². The van der Waals surface area contributed by atoms with Crippen LogP contribution in [0.3, 0.4) is 0 Å². The minimum absolute atomic E-state index is 0.0723. The molecule has 0 spiro atoms. The van der Waals surface area contributed by atoms with Crippen LogP contribution in [0.1, 0.15) is 53.9 Å². The number of aromatic nitrogens is 4. The largest absolute Gasteiger partial charge is 0.346 e. The van der Waals surface area contributed by atoms with E-state index < -0.39 is 17.6 Å². The van der Waals surface area contributed by atoms with Gasteiger partial charge in [-0.25, -0.2) is 4.79 Å². The molecule has 0 aliphatic heterocycles. The van der Waals surface area contributed by atoms with Gasteiger partial charge in [-0.3, -0.25) is 4.79 Å². The zero-order valence-corrected chi connectivity index (χ0v) is 12.9. The van der Waals surface area contributed by atoms with E-state index in [2.05, 4.69) is 25.4 Å². The molecule has 0 unspecified atom stereocenters. The van der Waals surface area contributed by atoms with Gasteiger partial charge in [-0.2, -0.15) is 9.97 Å². The molecule has 1 atom stereocenters. The predicted molar refractivity (Wildman–Crippen MR) is 84.5 cm³/mol. The Kier molecular flexibility index (Phi) is 3.37. The van der Waals surface area contributed by atoms with Gasteiger partial charge in [-0.15, -0.1) is 0 Å². The maximum absolute atomic E-state index is 12.5. The zero-order valence-electron chi connectivity index (χ0n) is 12.9. The zero-order chi connectivity index (χ0) is 16.7. The summed E-state index contributed by atoms with van der Waals surface area (Å²) in [7, 11) is 0. The first kappa shape index (κ1) is 14.6. The molecule has 0 radical (unpaired) electrons. The van der Waals surface area contributed by atoms with Gasteiger partial charge >= 0.3 is 5.69 Å². The Bertz CT molecular complexity index is 973. The van der Waals surface area contributed by atoms with E-state index in [9.17, 15) is 9.59 Å². The summed E-state index contributed by atoms with van der Waals surface area (Å²) in [5, 5.41) is 7.26. The van der Waals surface area contributed by atoms with Gasteiger partial charge in [0.15, 0.2) is 5.82 Å². The van der Waals surface area contributed by atoms with Gasteiger partial charge in [0.25, 0.3) is 5.91 Å². The molecular formula is C16H15N5O3. The van der Waals surface area contributed by atoms with Gasteiger partial charge in [0.05, 0.1) is 5.52 Å². The number of aromatic amines is 1. The molecule has 122 valence electrons. The number of amides is 1. The van der Waals surface area contributed by atoms with Crippen molar-refractivity contribution in [3.8, 4) is 0 Å².